The van der Waals surface area contributed by atoms with E-state index in [1.807, 2.05) is 0 Å². The van der Waals surface area contributed by atoms with Crippen LogP contribution in [0.15, 0.2) is 24.3 Å². The molecular weight excluding hydrogens is 568 g/mol. The minimum atomic E-state index is 0. The highest BCUT2D eigenvalue weighted by Crippen LogP contribution is 2.48. The van der Waals surface area contributed by atoms with Crippen molar-refractivity contribution in [1.82, 2.24) is 10.2 Å². The van der Waals surface area contributed by atoms with E-state index in [2.05, 4.69) is 55.3 Å². The number of rotatable bonds is 10. The van der Waals surface area contributed by atoms with E-state index in [0.717, 1.165) is 68.4 Å². The summed E-state index contributed by atoms with van der Waals surface area (Å²) < 4.78 is 23.3. The zero-order chi connectivity index (χ0) is 27.5. The molecule has 0 bridgehead atoms. The lowest BCUT2D eigenvalue weighted by molar-refractivity contribution is 0.0434. The summed E-state index contributed by atoms with van der Waals surface area (Å²) in [5, 5.41) is 3.87. The summed E-state index contributed by atoms with van der Waals surface area (Å²) in [6, 6.07) is 9.73. The number of nitrogens with one attached hydrogen (secondary N) is 1. The van der Waals surface area contributed by atoms with E-state index < -0.39 is 0 Å². The summed E-state index contributed by atoms with van der Waals surface area (Å²) >= 11 is 0. The highest BCUT2D eigenvalue weighted by Gasteiger charge is 2.40. The first-order chi connectivity index (χ1) is 18.9. The summed E-state index contributed by atoms with van der Waals surface area (Å²) in [5.41, 5.74) is 5.64. The second kappa shape index (κ2) is 13.8. The molecule has 0 spiro atoms. The van der Waals surface area contributed by atoms with Gasteiger partial charge in [-0.05, 0) is 103 Å². The predicted octanol–water partition coefficient (Wildman–Crippen LogP) is 6.94. The standard InChI is InChI=1S/C33H48N2O4.BrH/c1-7-22-20-35-12-9-24-16-30(36-4)31(37-5)19-27(24)29(35)15-25(22)14-28-26-18-32(38-6)33(39-13-10-21(2)3)17-23(26)8-11-34-28;/h16-19,21-22,25,28-29,34H,7-15,20H2,1-6H3;1H/t22-,25-,28+,29-;/m0./s1. The van der Waals surface area contributed by atoms with Crippen LogP contribution in [0.3, 0.4) is 0 Å². The van der Waals surface area contributed by atoms with Crippen LogP contribution in [0.5, 0.6) is 23.0 Å². The van der Waals surface area contributed by atoms with Crippen molar-refractivity contribution < 1.29 is 18.9 Å². The van der Waals surface area contributed by atoms with Crippen LogP contribution in [0.2, 0.25) is 0 Å². The van der Waals surface area contributed by atoms with Gasteiger partial charge in [0.1, 0.15) is 0 Å². The number of benzene rings is 2. The van der Waals surface area contributed by atoms with Gasteiger partial charge in [0.2, 0.25) is 0 Å². The Labute approximate surface area is 251 Å². The van der Waals surface area contributed by atoms with Gasteiger partial charge in [-0.3, -0.25) is 4.90 Å². The maximum Gasteiger partial charge on any atom is 0.161 e. The first-order valence-electron chi connectivity index (χ1n) is 15.0. The van der Waals surface area contributed by atoms with Crippen molar-refractivity contribution in [3.8, 4) is 23.0 Å². The lowest BCUT2D eigenvalue weighted by atomic mass is 9.72. The van der Waals surface area contributed by atoms with E-state index in [0.29, 0.717) is 29.8 Å². The van der Waals surface area contributed by atoms with E-state index in [1.54, 1.807) is 21.3 Å². The molecule has 0 amide bonds. The third-order valence-corrected chi connectivity index (χ3v) is 9.38. The fraction of sp³-hybridized carbons (Fsp3) is 0.636. The molecule has 5 rings (SSSR count). The molecule has 0 saturated carbocycles. The van der Waals surface area contributed by atoms with Gasteiger partial charge in [-0.2, -0.15) is 0 Å². The summed E-state index contributed by atoms with van der Waals surface area (Å²) in [7, 11) is 5.23. The van der Waals surface area contributed by atoms with E-state index >= 15 is 0 Å². The van der Waals surface area contributed by atoms with Gasteiger partial charge in [0.15, 0.2) is 23.0 Å². The van der Waals surface area contributed by atoms with Crippen LogP contribution in [0.1, 0.15) is 80.8 Å². The number of fused-ring (bicyclic) bond motifs is 4. The fourth-order valence-electron chi connectivity index (χ4n) is 7.09. The Morgan fingerprint density at radius 2 is 1.52 bits per heavy atom. The van der Waals surface area contributed by atoms with Crippen LogP contribution in [0.4, 0.5) is 0 Å². The predicted molar refractivity (Wildman–Crippen MR) is 167 cm³/mol. The Bertz CT molecular complexity index is 1140. The summed E-state index contributed by atoms with van der Waals surface area (Å²) in [6.07, 6.45) is 6.70. The lowest BCUT2D eigenvalue weighted by Crippen LogP contribution is -2.46. The quantitative estimate of drug-likeness (QED) is 0.312. The van der Waals surface area contributed by atoms with Gasteiger partial charge < -0.3 is 24.3 Å². The number of hydrogen-bond acceptors (Lipinski definition) is 6. The van der Waals surface area contributed by atoms with Gasteiger partial charge in [0.05, 0.1) is 27.9 Å². The summed E-state index contributed by atoms with van der Waals surface area (Å²) in [5.74, 6) is 5.40. The van der Waals surface area contributed by atoms with Crippen LogP contribution in [0, 0.1) is 17.8 Å². The zero-order valence-corrected chi connectivity index (χ0v) is 27.0. The van der Waals surface area contributed by atoms with Crippen molar-refractivity contribution in [1.29, 1.82) is 0 Å². The largest absolute Gasteiger partial charge is 0.493 e. The lowest BCUT2D eigenvalue weighted by Gasteiger charge is -2.48. The maximum atomic E-state index is 6.18. The molecule has 1 fully saturated rings. The molecule has 40 heavy (non-hydrogen) atoms. The topological polar surface area (TPSA) is 52.2 Å². The van der Waals surface area contributed by atoms with Crippen molar-refractivity contribution in [2.75, 3.05) is 47.6 Å². The number of nitrogens with zero attached hydrogens (tertiary/aromatic N) is 1. The second-order valence-corrected chi connectivity index (χ2v) is 12.1. The van der Waals surface area contributed by atoms with Crippen LogP contribution in [0.25, 0.3) is 0 Å². The highest BCUT2D eigenvalue weighted by molar-refractivity contribution is 8.93. The van der Waals surface area contributed by atoms with Crippen molar-refractivity contribution in [3.63, 3.8) is 0 Å². The zero-order valence-electron chi connectivity index (χ0n) is 25.3. The molecule has 7 heteroatoms. The summed E-state index contributed by atoms with van der Waals surface area (Å²) in [4.78, 5) is 2.73. The van der Waals surface area contributed by atoms with E-state index in [4.69, 9.17) is 18.9 Å². The van der Waals surface area contributed by atoms with Crippen molar-refractivity contribution in [2.24, 2.45) is 17.8 Å². The molecule has 0 aliphatic carbocycles. The third-order valence-electron chi connectivity index (χ3n) is 9.38. The van der Waals surface area contributed by atoms with Gasteiger partial charge in [-0.25, -0.2) is 0 Å². The molecule has 0 unspecified atom stereocenters. The Morgan fingerprint density at radius 1 is 0.875 bits per heavy atom. The minimum absolute atomic E-state index is 0. The normalized spacial score (nSPS) is 23.9. The number of hydrogen-bond donors (Lipinski definition) is 1. The Hall–Kier alpha value is -1.96. The second-order valence-electron chi connectivity index (χ2n) is 12.1. The Morgan fingerprint density at radius 3 is 2.23 bits per heavy atom. The van der Waals surface area contributed by atoms with Gasteiger partial charge in [0.25, 0.3) is 0 Å². The molecule has 222 valence electrons. The van der Waals surface area contributed by atoms with Crippen molar-refractivity contribution >= 4 is 17.0 Å². The van der Waals surface area contributed by atoms with Crippen LogP contribution < -0.4 is 24.3 Å². The number of piperidine rings is 1. The van der Waals surface area contributed by atoms with E-state index in [9.17, 15) is 0 Å². The first kappa shape index (κ1) is 31.0. The molecule has 2 aromatic carbocycles. The van der Waals surface area contributed by atoms with E-state index in [-0.39, 0.29) is 17.0 Å². The highest BCUT2D eigenvalue weighted by atomic mass is 79.9. The average Bonchev–Trinajstić information content (AvgIpc) is 2.95. The number of methoxy groups -OCH3 is 3. The van der Waals surface area contributed by atoms with Crippen molar-refractivity contribution in [3.05, 3.63) is 46.5 Å². The van der Waals surface area contributed by atoms with Crippen LogP contribution >= 0.6 is 17.0 Å². The van der Waals surface area contributed by atoms with Crippen molar-refractivity contribution in [2.45, 2.75) is 71.4 Å². The minimum Gasteiger partial charge on any atom is -0.493 e. The molecule has 4 atom stereocenters. The Kier molecular flexibility index (Phi) is 10.7. The first-order valence-corrected chi connectivity index (χ1v) is 15.0. The summed E-state index contributed by atoms with van der Waals surface area (Å²) in [6.45, 7) is 10.9. The molecule has 3 heterocycles. The SMILES string of the molecule is Br.CC[C@H]1CN2CCc3cc(OC)c(OC)cc3[C@@H]2C[C@@H]1C[C@H]1NCCc2cc(OCCC(C)C)c(OC)cc21. The van der Waals surface area contributed by atoms with Crippen LogP contribution in [-0.2, 0) is 12.8 Å². The molecule has 3 aliphatic heterocycles. The molecule has 1 saturated heterocycles. The molecule has 0 aromatic heterocycles. The van der Waals surface area contributed by atoms with Crippen LogP contribution in [-0.4, -0.2) is 52.5 Å². The third kappa shape index (κ3) is 6.42. The van der Waals surface area contributed by atoms with Gasteiger partial charge in [-0.15, -0.1) is 17.0 Å². The maximum absolute atomic E-state index is 6.18. The molecular formula is C33H49BrN2O4. The molecule has 3 aliphatic rings. The smallest absolute Gasteiger partial charge is 0.161 e. The molecule has 2 aromatic rings. The number of ether oxygens (including phenoxy) is 4. The molecule has 6 nitrogen and oxygen atoms in total. The number of halogens is 1. The van der Waals surface area contributed by atoms with Gasteiger partial charge in [-0.1, -0.05) is 27.2 Å². The average molecular weight is 618 g/mol. The Balaban J connectivity index is 0.00000370. The fourth-order valence-corrected chi connectivity index (χ4v) is 7.09. The van der Waals surface area contributed by atoms with E-state index in [1.165, 1.54) is 41.6 Å². The monoisotopic (exact) mass is 616 g/mol. The van der Waals surface area contributed by atoms with Gasteiger partial charge >= 0.3 is 0 Å². The molecule has 1 N–H and O–H groups in total. The van der Waals surface area contributed by atoms with Gasteiger partial charge in [0, 0.05) is 25.2 Å². The molecule has 0 radical (unpaired) electrons.